The van der Waals surface area contributed by atoms with Gasteiger partial charge in [0.1, 0.15) is 0 Å². The summed E-state index contributed by atoms with van der Waals surface area (Å²) in [5.41, 5.74) is 3.99. The van der Waals surface area contributed by atoms with Gasteiger partial charge in [0.2, 0.25) is 0 Å². The summed E-state index contributed by atoms with van der Waals surface area (Å²) in [5.74, 6) is -0.233. The molecule has 0 aliphatic heterocycles. The summed E-state index contributed by atoms with van der Waals surface area (Å²) in [6.45, 7) is 0. The second kappa shape index (κ2) is 6.12. The molecule has 0 saturated heterocycles. The van der Waals surface area contributed by atoms with Crippen molar-refractivity contribution in [2.24, 2.45) is 5.10 Å². The predicted octanol–water partition coefficient (Wildman–Crippen LogP) is 3.21. The molecule has 0 bridgehead atoms. The van der Waals surface area contributed by atoms with Crippen LogP contribution in [0.3, 0.4) is 0 Å². The largest absolute Gasteiger partial charge is 0.271 e. The number of nitrogens with one attached hydrogen (secondary N) is 1. The second-order valence-corrected chi connectivity index (χ2v) is 4.54. The molecule has 0 atom stereocenters. The minimum Gasteiger partial charge on any atom is -0.267 e. The van der Waals surface area contributed by atoms with Gasteiger partial charge < -0.3 is 0 Å². The predicted molar refractivity (Wildman–Crippen MR) is 75.6 cm³/mol. The summed E-state index contributed by atoms with van der Waals surface area (Å²) < 4.78 is 0.863. The Morgan fingerprint density at radius 3 is 2.61 bits per heavy atom. The van der Waals surface area contributed by atoms with E-state index in [-0.39, 0.29) is 5.91 Å². The van der Waals surface area contributed by atoms with Gasteiger partial charge >= 0.3 is 0 Å². The van der Waals surface area contributed by atoms with Gasteiger partial charge in [-0.25, -0.2) is 5.43 Å². The van der Waals surface area contributed by atoms with Crippen LogP contribution in [0, 0.1) is 0 Å². The summed E-state index contributed by atoms with van der Waals surface area (Å²) in [5, 5.41) is 3.91. The second-order valence-electron chi connectivity index (χ2n) is 3.62. The third-order valence-corrected chi connectivity index (χ3v) is 2.76. The van der Waals surface area contributed by atoms with E-state index in [9.17, 15) is 4.79 Å². The van der Waals surface area contributed by atoms with Crippen LogP contribution >= 0.6 is 15.9 Å². The molecule has 2 rings (SSSR count). The van der Waals surface area contributed by atoms with E-state index in [1.807, 2.05) is 36.4 Å². The molecule has 4 heteroatoms. The Balaban J connectivity index is 1.99. The molecule has 0 aliphatic carbocycles. The summed E-state index contributed by atoms with van der Waals surface area (Å²) in [7, 11) is 0. The van der Waals surface area contributed by atoms with Gasteiger partial charge in [0, 0.05) is 10.0 Å². The zero-order valence-electron chi connectivity index (χ0n) is 9.51. The zero-order chi connectivity index (χ0) is 12.8. The van der Waals surface area contributed by atoms with Crippen LogP contribution in [-0.2, 0) is 0 Å². The van der Waals surface area contributed by atoms with Gasteiger partial charge in [0.05, 0.1) is 6.21 Å². The SMILES string of the molecule is O=C(NN=Cc1ccccc1)c1cccc(Br)c1. The maximum atomic E-state index is 11.7. The van der Waals surface area contributed by atoms with Gasteiger partial charge in [-0.3, -0.25) is 4.79 Å². The van der Waals surface area contributed by atoms with Crippen LogP contribution in [0.1, 0.15) is 15.9 Å². The Hall–Kier alpha value is -1.94. The summed E-state index contributed by atoms with van der Waals surface area (Å²) in [6, 6.07) is 16.7. The van der Waals surface area contributed by atoms with Crippen LogP contribution in [0.2, 0.25) is 0 Å². The van der Waals surface area contributed by atoms with Crippen LogP contribution in [0.25, 0.3) is 0 Å². The van der Waals surface area contributed by atoms with Crippen LogP contribution in [0.15, 0.2) is 64.2 Å². The Morgan fingerprint density at radius 1 is 1.11 bits per heavy atom. The highest BCUT2D eigenvalue weighted by molar-refractivity contribution is 9.10. The lowest BCUT2D eigenvalue weighted by Crippen LogP contribution is -2.17. The maximum Gasteiger partial charge on any atom is 0.271 e. The van der Waals surface area contributed by atoms with Crippen LogP contribution in [0.5, 0.6) is 0 Å². The van der Waals surface area contributed by atoms with Crippen molar-refractivity contribution >= 4 is 28.1 Å². The normalized spacial score (nSPS) is 10.5. The smallest absolute Gasteiger partial charge is 0.267 e. The average Bonchev–Trinajstić information content (AvgIpc) is 2.40. The molecule has 90 valence electrons. The number of hydrogen-bond acceptors (Lipinski definition) is 2. The van der Waals surface area contributed by atoms with Gasteiger partial charge in [-0.05, 0) is 23.8 Å². The molecule has 2 aromatic carbocycles. The number of hydrazone groups is 1. The zero-order valence-corrected chi connectivity index (χ0v) is 11.1. The van der Waals surface area contributed by atoms with E-state index < -0.39 is 0 Å². The van der Waals surface area contributed by atoms with Crippen molar-refractivity contribution in [1.82, 2.24) is 5.43 Å². The Kier molecular flexibility index (Phi) is 4.25. The Morgan fingerprint density at radius 2 is 1.89 bits per heavy atom. The van der Waals surface area contributed by atoms with Crippen molar-refractivity contribution < 1.29 is 4.79 Å². The molecule has 0 aromatic heterocycles. The molecule has 2 aromatic rings. The third-order valence-electron chi connectivity index (χ3n) is 2.27. The number of hydrogen-bond donors (Lipinski definition) is 1. The molecule has 0 spiro atoms. The molecule has 0 unspecified atom stereocenters. The molecular formula is C14H11BrN2O. The highest BCUT2D eigenvalue weighted by Gasteiger charge is 2.03. The number of amides is 1. The van der Waals surface area contributed by atoms with E-state index in [2.05, 4.69) is 26.5 Å². The highest BCUT2D eigenvalue weighted by atomic mass is 79.9. The lowest BCUT2D eigenvalue weighted by Gasteiger charge is -2.00. The van der Waals surface area contributed by atoms with E-state index in [4.69, 9.17) is 0 Å². The first kappa shape index (κ1) is 12.5. The van der Waals surface area contributed by atoms with Crippen LogP contribution in [0.4, 0.5) is 0 Å². The van der Waals surface area contributed by atoms with E-state index in [0.29, 0.717) is 5.56 Å². The third kappa shape index (κ3) is 3.53. The topological polar surface area (TPSA) is 41.5 Å². The quantitative estimate of drug-likeness (QED) is 0.686. The van der Waals surface area contributed by atoms with E-state index in [1.165, 1.54) is 0 Å². The monoisotopic (exact) mass is 302 g/mol. The first-order valence-electron chi connectivity index (χ1n) is 5.40. The fraction of sp³-hybridized carbons (Fsp3) is 0. The molecule has 0 radical (unpaired) electrons. The first-order chi connectivity index (χ1) is 8.75. The molecule has 0 fully saturated rings. The van der Waals surface area contributed by atoms with Crippen molar-refractivity contribution in [1.29, 1.82) is 0 Å². The van der Waals surface area contributed by atoms with Crippen molar-refractivity contribution in [3.05, 3.63) is 70.2 Å². The molecule has 1 amide bonds. The van der Waals surface area contributed by atoms with Crippen molar-refractivity contribution in [2.75, 3.05) is 0 Å². The van der Waals surface area contributed by atoms with Crippen LogP contribution in [-0.4, -0.2) is 12.1 Å². The van der Waals surface area contributed by atoms with Crippen molar-refractivity contribution in [3.63, 3.8) is 0 Å². The minimum absolute atomic E-state index is 0.233. The lowest BCUT2D eigenvalue weighted by molar-refractivity contribution is 0.0955. The number of benzene rings is 2. The molecule has 1 N–H and O–H groups in total. The highest BCUT2D eigenvalue weighted by Crippen LogP contribution is 2.11. The number of rotatable bonds is 3. The van der Waals surface area contributed by atoms with Gasteiger partial charge in [-0.15, -0.1) is 0 Å². The Bertz CT molecular complexity index is 567. The lowest BCUT2D eigenvalue weighted by atomic mass is 10.2. The van der Waals surface area contributed by atoms with E-state index >= 15 is 0 Å². The fourth-order valence-electron chi connectivity index (χ4n) is 1.40. The standard InChI is InChI=1S/C14H11BrN2O/c15-13-8-4-7-12(9-13)14(18)17-16-10-11-5-2-1-3-6-11/h1-10H,(H,17,18). The molecule has 3 nitrogen and oxygen atoms in total. The van der Waals surface area contributed by atoms with Gasteiger partial charge in [0.15, 0.2) is 0 Å². The molecule has 0 aliphatic rings. The van der Waals surface area contributed by atoms with Gasteiger partial charge in [-0.1, -0.05) is 52.3 Å². The summed E-state index contributed by atoms with van der Waals surface area (Å²) in [6.07, 6.45) is 1.61. The maximum absolute atomic E-state index is 11.7. The number of carbonyl (C=O) groups excluding carboxylic acids is 1. The summed E-state index contributed by atoms with van der Waals surface area (Å²) in [4.78, 5) is 11.7. The first-order valence-corrected chi connectivity index (χ1v) is 6.19. The van der Waals surface area contributed by atoms with E-state index in [0.717, 1.165) is 10.0 Å². The minimum atomic E-state index is -0.233. The fourth-order valence-corrected chi connectivity index (χ4v) is 1.80. The Labute approximate surface area is 114 Å². The average molecular weight is 303 g/mol. The van der Waals surface area contributed by atoms with Crippen molar-refractivity contribution in [2.45, 2.75) is 0 Å². The van der Waals surface area contributed by atoms with E-state index in [1.54, 1.807) is 24.4 Å². The number of halogens is 1. The van der Waals surface area contributed by atoms with Gasteiger partial charge in [0.25, 0.3) is 5.91 Å². The number of nitrogens with zero attached hydrogens (tertiary/aromatic N) is 1. The van der Waals surface area contributed by atoms with Crippen molar-refractivity contribution in [3.8, 4) is 0 Å². The molecule has 18 heavy (non-hydrogen) atoms. The van der Waals surface area contributed by atoms with Crippen LogP contribution < -0.4 is 5.43 Å². The molecule has 0 saturated carbocycles. The number of carbonyl (C=O) groups is 1. The molecular weight excluding hydrogens is 292 g/mol. The summed E-state index contributed by atoms with van der Waals surface area (Å²) >= 11 is 3.32. The molecule has 0 heterocycles. The van der Waals surface area contributed by atoms with Gasteiger partial charge in [-0.2, -0.15) is 5.10 Å².